The Balaban J connectivity index is 2.26. The van der Waals surface area contributed by atoms with Crippen LogP contribution in [0.5, 0.6) is 5.75 Å². The molecule has 1 aromatic carbocycles. The van der Waals surface area contributed by atoms with E-state index < -0.39 is 0 Å². The standard InChI is InChI=1S/C14H15N3O3S/c1-16-7-15-12-8-5-11(14(18)17(2)20-4)21-10(8)6-9(19-3)13(12)16/h5-7H,1-4H3. The zero-order chi connectivity index (χ0) is 15.1. The Kier molecular flexibility index (Phi) is 3.30. The second-order valence-corrected chi connectivity index (χ2v) is 5.72. The number of ether oxygens (including phenoxy) is 1. The molecule has 0 aliphatic rings. The fourth-order valence-corrected chi connectivity index (χ4v) is 3.36. The van der Waals surface area contributed by atoms with E-state index >= 15 is 0 Å². The van der Waals surface area contributed by atoms with Gasteiger partial charge in [0.15, 0.2) is 0 Å². The first-order valence-corrected chi connectivity index (χ1v) is 7.12. The maximum atomic E-state index is 12.2. The number of fused-ring (bicyclic) bond motifs is 3. The van der Waals surface area contributed by atoms with Gasteiger partial charge in [0.1, 0.15) is 16.8 Å². The number of nitrogens with zero attached hydrogens (tertiary/aromatic N) is 3. The number of benzene rings is 1. The Morgan fingerprint density at radius 1 is 1.38 bits per heavy atom. The van der Waals surface area contributed by atoms with E-state index in [4.69, 9.17) is 9.57 Å². The molecular weight excluding hydrogens is 290 g/mol. The summed E-state index contributed by atoms with van der Waals surface area (Å²) in [5.41, 5.74) is 1.75. The molecule has 7 heteroatoms. The minimum Gasteiger partial charge on any atom is -0.494 e. The molecule has 2 heterocycles. The summed E-state index contributed by atoms with van der Waals surface area (Å²) in [7, 11) is 6.60. The van der Waals surface area contributed by atoms with Crippen molar-refractivity contribution in [2.75, 3.05) is 21.3 Å². The number of hydroxylamine groups is 2. The fraction of sp³-hybridized carbons (Fsp3) is 0.286. The number of imidazole rings is 1. The molecule has 3 aromatic rings. The van der Waals surface area contributed by atoms with Crippen LogP contribution in [0.2, 0.25) is 0 Å². The number of carbonyl (C=O) groups excluding carboxylic acids is 1. The molecule has 1 amide bonds. The maximum Gasteiger partial charge on any atom is 0.287 e. The van der Waals surface area contributed by atoms with Crippen molar-refractivity contribution in [2.24, 2.45) is 7.05 Å². The number of amides is 1. The number of aromatic nitrogens is 2. The SMILES string of the molecule is COc1cc2sc(C(=O)N(C)OC)cc2c2ncn(C)c12. The van der Waals surface area contributed by atoms with Crippen LogP contribution in [0.25, 0.3) is 21.1 Å². The van der Waals surface area contributed by atoms with Gasteiger partial charge in [0.25, 0.3) is 5.91 Å². The second-order valence-electron chi connectivity index (χ2n) is 4.64. The average molecular weight is 305 g/mol. The molecule has 2 aromatic heterocycles. The lowest BCUT2D eigenvalue weighted by Gasteiger charge is -2.11. The van der Waals surface area contributed by atoms with Crippen LogP contribution in [0.15, 0.2) is 18.5 Å². The first-order chi connectivity index (χ1) is 10.1. The number of hydrogen-bond acceptors (Lipinski definition) is 5. The van der Waals surface area contributed by atoms with Gasteiger partial charge in [-0.2, -0.15) is 0 Å². The summed E-state index contributed by atoms with van der Waals surface area (Å²) in [6.45, 7) is 0. The highest BCUT2D eigenvalue weighted by Gasteiger charge is 2.19. The predicted molar refractivity (Wildman–Crippen MR) is 81.8 cm³/mol. The van der Waals surface area contributed by atoms with Gasteiger partial charge in [-0.3, -0.25) is 9.63 Å². The highest BCUT2D eigenvalue weighted by molar-refractivity contribution is 7.21. The lowest BCUT2D eigenvalue weighted by Crippen LogP contribution is -2.24. The normalized spacial score (nSPS) is 11.2. The molecule has 0 fully saturated rings. The Hall–Kier alpha value is -2.12. The Bertz CT molecular complexity index is 837. The zero-order valence-corrected chi connectivity index (χ0v) is 13.0. The number of rotatable bonds is 3. The van der Waals surface area contributed by atoms with E-state index in [2.05, 4.69) is 4.98 Å². The fourth-order valence-electron chi connectivity index (χ4n) is 2.30. The van der Waals surface area contributed by atoms with E-state index in [-0.39, 0.29) is 5.91 Å². The first kappa shape index (κ1) is 13.8. The van der Waals surface area contributed by atoms with Gasteiger partial charge in [-0.05, 0) is 6.07 Å². The molecule has 0 saturated carbocycles. The van der Waals surface area contributed by atoms with Crippen LogP contribution in [0.4, 0.5) is 0 Å². The topological polar surface area (TPSA) is 56.6 Å². The van der Waals surface area contributed by atoms with Crippen LogP contribution in [-0.2, 0) is 11.9 Å². The zero-order valence-electron chi connectivity index (χ0n) is 12.2. The number of carbonyl (C=O) groups is 1. The molecule has 0 saturated heterocycles. The summed E-state index contributed by atoms with van der Waals surface area (Å²) in [6.07, 6.45) is 1.74. The minimum atomic E-state index is -0.179. The van der Waals surface area contributed by atoms with Gasteiger partial charge >= 0.3 is 0 Å². The quantitative estimate of drug-likeness (QED) is 0.697. The summed E-state index contributed by atoms with van der Waals surface area (Å²) in [5.74, 6) is 0.570. The van der Waals surface area contributed by atoms with Crippen LogP contribution >= 0.6 is 11.3 Å². The van der Waals surface area contributed by atoms with Gasteiger partial charge < -0.3 is 9.30 Å². The first-order valence-electron chi connectivity index (χ1n) is 6.30. The van der Waals surface area contributed by atoms with Crippen molar-refractivity contribution in [2.45, 2.75) is 0 Å². The van der Waals surface area contributed by atoms with Crippen molar-refractivity contribution in [1.29, 1.82) is 0 Å². The molecule has 3 rings (SSSR count). The molecule has 0 atom stereocenters. The van der Waals surface area contributed by atoms with E-state index in [1.807, 2.05) is 23.7 Å². The van der Waals surface area contributed by atoms with Gasteiger partial charge in [-0.25, -0.2) is 10.0 Å². The van der Waals surface area contributed by atoms with E-state index in [0.29, 0.717) is 4.88 Å². The summed E-state index contributed by atoms with van der Waals surface area (Å²) in [6, 6.07) is 3.79. The number of thiophene rings is 1. The van der Waals surface area contributed by atoms with Gasteiger partial charge in [0, 0.05) is 30.2 Å². The lowest BCUT2D eigenvalue weighted by molar-refractivity contribution is -0.0753. The third-order valence-electron chi connectivity index (χ3n) is 3.44. The Labute approximate surface area is 125 Å². The van der Waals surface area contributed by atoms with E-state index in [0.717, 1.165) is 26.9 Å². The molecular formula is C14H15N3O3S. The van der Waals surface area contributed by atoms with Crippen molar-refractivity contribution in [3.8, 4) is 5.75 Å². The third kappa shape index (κ3) is 2.05. The van der Waals surface area contributed by atoms with E-state index in [9.17, 15) is 4.79 Å². The molecule has 0 aliphatic heterocycles. The smallest absolute Gasteiger partial charge is 0.287 e. The predicted octanol–water partition coefficient (Wildman–Crippen LogP) is 2.43. The minimum absolute atomic E-state index is 0.179. The van der Waals surface area contributed by atoms with Crippen molar-refractivity contribution < 1.29 is 14.4 Å². The molecule has 0 aliphatic carbocycles. The molecule has 21 heavy (non-hydrogen) atoms. The monoisotopic (exact) mass is 305 g/mol. The van der Waals surface area contributed by atoms with Crippen LogP contribution in [-0.4, -0.2) is 41.8 Å². The molecule has 6 nitrogen and oxygen atoms in total. The number of aryl methyl sites for hydroxylation is 1. The molecule has 0 bridgehead atoms. The molecule has 0 radical (unpaired) electrons. The summed E-state index contributed by atoms with van der Waals surface area (Å²) < 4.78 is 8.31. The van der Waals surface area contributed by atoms with Gasteiger partial charge in [0.2, 0.25) is 0 Å². The molecule has 110 valence electrons. The second kappa shape index (κ2) is 5.01. The van der Waals surface area contributed by atoms with E-state index in [1.165, 1.54) is 23.5 Å². The van der Waals surface area contributed by atoms with E-state index in [1.54, 1.807) is 20.5 Å². The largest absolute Gasteiger partial charge is 0.494 e. The maximum absolute atomic E-state index is 12.2. The van der Waals surface area contributed by atoms with Crippen molar-refractivity contribution >= 4 is 38.4 Å². The lowest BCUT2D eigenvalue weighted by atomic mass is 10.2. The molecule has 0 N–H and O–H groups in total. The Morgan fingerprint density at radius 3 is 2.81 bits per heavy atom. The van der Waals surface area contributed by atoms with Gasteiger partial charge in [-0.1, -0.05) is 0 Å². The van der Waals surface area contributed by atoms with Gasteiger partial charge in [-0.15, -0.1) is 11.3 Å². The van der Waals surface area contributed by atoms with Crippen molar-refractivity contribution in [3.05, 3.63) is 23.3 Å². The number of methoxy groups -OCH3 is 1. The highest BCUT2D eigenvalue weighted by Crippen LogP contribution is 2.37. The van der Waals surface area contributed by atoms with Crippen LogP contribution < -0.4 is 4.74 Å². The Morgan fingerprint density at radius 2 is 2.14 bits per heavy atom. The molecule has 0 spiro atoms. The van der Waals surface area contributed by atoms with Crippen LogP contribution in [0, 0.1) is 0 Å². The van der Waals surface area contributed by atoms with Crippen molar-refractivity contribution in [1.82, 2.24) is 14.6 Å². The molecule has 0 unspecified atom stereocenters. The summed E-state index contributed by atoms with van der Waals surface area (Å²) in [4.78, 5) is 22.2. The van der Waals surface area contributed by atoms with Crippen LogP contribution in [0.1, 0.15) is 9.67 Å². The van der Waals surface area contributed by atoms with Gasteiger partial charge in [0.05, 0.1) is 25.4 Å². The van der Waals surface area contributed by atoms with Crippen LogP contribution in [0.3, 0.4) is 0 Å². The highest BCUT2D eigenvalue weighted by atomic mass is 32.1. The number of hydrogen-bond donors (Lipinski definition) is 0. The third-order valence-corrected chi connectivity index (χ3v) is 4.51. The summed E-state index contributed by atoms with van der Waals surface area (Å²) >= 11 is 1.40. The average Bonchev–Trinajstić information content (AvgIpc) is 3.08. The van der Waals surface area contributed by atoms with Crippen molar-refractivity contribution in [3.63, 3.8) is 0 Å². The summed E-state index contributed by atoms with van der Waals surface area (Å²) in [5, 5.41) is 2.15.